The second-order valence-corrected chi connectivity index (χ2v) is 4.06. The molecule has 0 aromatic carbocycles. The van der Waals surface area contributed by atoms with Gasteiger partial charge in [-0.1, -0.05) is 32.8 Å². The Labute approximate surface area is 86.3 Å². The second kappa shape index (κ2) is 5.84. The van der Waals surface area contributed by atoms with Gasteiger partial charge in [-0.2, -0.15) is 0 Å². The average molecular weight is 196 g/mol. The van der Waals surface area contributed by atoms with Gasteiger partial charge in [0.05, 0.1) is 6.61 Å². The molecule has 14 heavy (non-hydrogen) atoms. The fourth-order valence-electron chi connectivity index (χ4n) is 1.79. The van der Waals surface area contributed by atoms with Crippen molar-refractivity contribution in [1.82, 2.24) is 0 Å². The van der Waals surface area contributed by atoms with Crippen molar-refractivity contribution in [3.8, 4) is 0 Å². The van der Waals surface area contributed by atoms with Crippen LogP contribution >= 0.6 is 0 Å². The third-order valence-electron chi connectivity index (χ3n) is 2.89. The normalized spacial score (nSPS) is 17.8. The molecule has 1 fully saturated rings. The van der Waals surface area contributed by atoms with E-state index in [4.69, 9.17) is 4.74 Å². The molecule has 0 spiro atoms. The second-order valence-electron chi connectivity index (χ2n) is 4.06. The van der Waals surface area contributed by atoms with E-state index in [1.54, 1.807) is 0 Å². The van der Waals surface area contributed by atoms with Crippen molar-refractivity contribution in [3.05, 3.63) is 12.2 Å². The van der Waals surface area contributed by atoms with Crippen LogP contribution in [-0.4, -0.2) is 12.6 Å². The predicted molar refractivity (Wildman–Crippen MR) is 57.0 cm³/mol. The summed E-state index contributed by atoms with van der Waals surface area (Å²) in [4.78, 5) is 11.3. The fourth-order valence-corrected chi connectivity index (χ4v) is 1.79. The van der Waals surface area contributed by atoms with E-state index in [1.165, 1.54) is 32.1 Å². The van der Waals surface area contributed by atoms with Gasteiger partial charge in [-0.3, -0.25) is 0 Å². The first-order valence-corrected chi connectivity index (χ1v) is 5.59. The van der Waals surface area contributed by atoms with Gasteiger partial charge in [0.1, 0.15) is 0 Å². The molecule has 1 aliphatic rings. The average Bonchev–Trinajstić information content (AvgIpc) is 2.26. The molecular formula is C12H20O2. The van der Waals surface area contributed by atoms with Crippen LogP contribution in [0.15, 0.2) is 12.2 Å². The summed E-state index contributed by atoms with van der Waals surface area (Å²) >= 11 is 0. The van der Waals surface area contributed by atoms with E-state index in [9.17, 15) is 4.79 Å². The molecule has 0 amide bonds. The zero-order valence-electron chi connectivity index (χ0n) is 9.05. The van der Waals surface area contributed by atoms with Gasteiger partial charge in [0.2, 0.25) is 0 Å². The molecular weight excluding hydrogens is 176 g/mol. The first-order valence-electron chi connectivity index (χ1n) is 5.59. The molecule has 0 unspecified atom stereocenters. The molecule has 80 valence electrons. The predicted octanol–water partition coefficient (Wildman–Crippen LogP) is 3.08. The van der Waals surface area contributed by atoms with Crippen LogP contribution < -0.4 is 0 Å². The zero-order chi connectivity index (χ0) is 10.4. The maximum Gasteiger partial charge on any atom is 0.333 e. The monoisotopic (exact) mass is 196 g/mol. The first kappa shape index (κ1) is 11.3. The van der Waals surface area contributed by atoms with Crippen LogP contribution in [0, 0.1) is 5.92 Å². The van der Waals surface area contributed by atoms with E-state index in [0.29, 0.717) is 24.5 Å². The Hall–Kier alpha value is -0.790. The summed E-state index contributed by atoms with van der Waals surface area (Å²) in [5, 5.41) is 0. The standard InChI is InChI=1S/C12H20O2/c1-3-10(2)12(13)14-9-11-7-5-4-6-8-11/h11H,2-9H2,1H3. The van der Waals surface area contributed by atoms with E-state index >= 15 is 0 Å². The molecule has 0 radical (unpaired) electrons. The van der Waals surface area contributed by atoms with Gasteiger partial charge >= 0.3 is 5.97 Å². The number of hydrogen-bond acceptors (Lipinski definition) is 2. The lowest BCUT2D eigenvalue weighted by molar-refractivity contribution is -0.140. The van der Waals surface area contributed by atoms with E-state index in [-0.39, 0.29) is 5.97 Å². The topological polar surface area (TPSA) is 26.3 Å². The fraction of sp³-hybridized carbons (Fsp3) is 0.750. The third-order valence-corrected chi connectivity index (χ3v) is 2.89. The molecule has 0 bridgehead atoms. The molecule has 0 heterocycles. The lowest BCUT2D eigenvalue weighted by Gasteiger charge is -2.21. The highest BCUT2D eigenvalue weighted by molar-refractivity contribution is 5.87. The van der Waals surface area contributed by atoms with E-state index in [2.05, 4.69) is 6.58 Å². The van der Waals surface area contributed by atoms with Crippen molar-refractivity contribution in [2.45, 2.75) is 45.4 Å². The summed E-state index contributed by atoms with van der Waals surface area (Å²) < 4.78 is 5.20. The quantitative estimate of drug-likeness (QED) is 0.510. The highest BCUT2D eigenvalue weighted by Gasteiger charge is 2.15. The van der Waals surface area contributed by atoms with Crippen LogP contribution in [0.5, 0.6) is 0 Å². The van der Waals surface area contributed by atoms with E-state index < -0.39 is 0 Å². The Morgan fingerprint density at radius 3 is 2.57 bits per heavy atom. The summed E-state index contributed by atoms with van der Waals surface area (Å²) in [5.74, 6) is 0.385. The lowest BCUT2D eigenvalue weighted by atomic mass is 9.90. The SMILES string of the molecule is C=C(CC)C(=O)OCC1CCCCC1. The van der Waals surface area contributed by atoms with Crippen molar-refractivity contribution < 1.29 is 9.53 Å². The minimum Gasteiger partial charge on any atom is -0.462 e. The van der Waals surface area contributed by atoms with Gasteiger partial charge in [-0.15, -0.1) is 0 Å². The van der Waals surface area contributed by atoms with Crippen molar-refractivity contribution in [2.75, 3.05) is 6.61 Å². The molecule has 0 aromatic rings. The molecule has 1 rings (SSSR count). The number of carbonyl (C=O) groups excluding carboxylic acids is 1. The summed E-state index contributed by atoms with van der Waals surface area (Å²) in [6, 6.07) is 0. The number of esters is 1. The number of hydrogen-bond donors (Lipinski definition) is 0. The zero-order valence-corrected chi connectivity index (χ0v) is 9.05. The van der Waals surface area contributed by atoms with Crippen molar-refractivity contribution in [3.63, 3.8) is 0 Å². The van der Waals surface area contributed by atoms with Gasteiger partial charge < -0.3 is 4.74 Å². The van der Waals surface area contributed by atoms with Crippen molar-refractivity contribution >= 4 is 5.97 Å². The molecule has 0 N–H and O–H groups in total. The maximum atomic E-state index is 11.3. The molecule has 0 aromatic heterocycles. The van der Waals surface area contributed by atoms with Crippen LogP contribution in [0.4, 0.5) is 0 Å². The summed E-state index contributed by atoms with van der Waals surface area (Å²) in [7, 11) is 0. The number of carbonyl (C=O) groups is 1. The summed E-state index contributed by atoms with van der Waals surface area (Å²) in [6.45, 7) is 6.18. The third kappa shape index (κ3) is 3.52. The summed E-state index contributed by atoms with van der Waals surface area (Å²) in [6.07, 6.45) is 7.03. The molecule has 0 saturated heterocycles. The molecule has 1 aliphatic carbocycles. The van der Waals surface area contributed by atoms with Crippen molar-refractivity contribution in [1.29, 1.82) is 0 Å². The van der Waals surface area contributed by atoms with Gasteiger partial charge in [-0.25, -0.2) is 4.79 Å². The smallest absolute Gasteiger partial charge is 0.333 e. The van der Waals surface area contributed by atoms with Gasteiger partial charge in [0.25, 0.3) is 0 Å². The van der Waals surface area contributed by atoms with E-state index in [1.807, 2.05) is 6.92 Å². The Kier molecular flexibility index (Phi) is 4.71. The molecule has 0 atom stereocenters. The van der Waals surface area contributed by atoms with Crippen LogP contribution in [0.1, 0.15) is 45.4 Å². The first-order chi connectivity index (χ1) is 6.74. The van der Waals surface area contributed by atoms with Crippen LogP contribution in [0.25, 0.3) is 0 Å². The van der Waals surface area contributed by atoms with Gasteiger partial charge in [0.15, 0.2) is 0 Å². The minimum atomic E-state index is -0.210. The Morgan fingerprint density at radius 2 is 2.00 bits per heavy atom. The van der Waals surface area contributed by atoms with Crippen LogP contribution in [0.2, 0.25) is 0 Å². The van der Waals surface area contributed by atoms with Gasteiger partial charge in [-0.05, 0) is 25.2 Å². The van der Waals surface area contributed by atoms with Gasteiger partial charge in [0, 0.05) is 5.57 Å². The molecule has 1 saturated carbocycles. The largest absolute Gasteiger partial charge is 0.462 e. The Balaban J connectivity index is 2.18. The molecule has 2 nitrogen and oxygen atoms in total. The van der Waals surface area contributed by atoms with E-state index in [0.717, 1.165) is 0 Å². The minimum absolute atomic E-state index is 0.210. The maximum absolute atomic E-state index is 11.3. The lowest BCUT2D eigenvalue weighted by Crippen LogP contribution is -2.17. The van der Waals surface area contributed by atoms with Crippen LogP contribution in [-0.2, 0) is 9.53 Å². The highest BCUT2D eigenvalue weighted by Crippen LogP contribution is 2.23. The van der Waals surface area contributed by atoms with Crippen molar-refractivity contribution in [2.24, 2.45) is 5.92 Å². The summed E-state index contributed by atoms with van der Waals surface area (Å²) in [5.41, 5.74) is 0.584. The number of rotatable bonds is 4. The Bertz CT molecular complexity index is 202. The van der Waals surface area contributed by atoms with Crippen LogP contribution in [0.3, 0.4) is 0 Å². The number of ether oxygens (including phenoxy) is 1. The molecule has 2 heteroatoms. The Morgan fingerprint density at radius 1 is 1.36 bits per heavy atom. The molecule has 0 aliphatic heterocycles. The highest BCUT2D eigenvalue weighted by atomic mass is 16.5.